The lowest BCUT2D eigenvalue weighted by Crippen LogP contribution is -1.80. The van der Waals surface area contributed by atoms with Crippen LogP contribution in [0.3, 0.4) is 0 Å². The molecule has 1 aromatic carbocycles. The summed E-state index contributed by atoms with van der Waals surface area (Å²) in [4.78, 5) is 4.44. The van der Waals surface area contributed by atoms with Crippen molar-refractivity contribution in [3.8, 4) is 0 Å². The maximum atomic E-state index is 4.44. The van der Waals surface area contributed by atoms with Gasteiger partial charge in [0.25, 0.3) is 0 Å². The first-order valence-corrected chi connectivity index (χ1v) is 4.16. The van der Waals surface area contributed by atoms with Crippen LogP contribution in [0.15, 0.2) is 41.4 Å². The Morgan fingerprint density at radius 1 is 1.17 bits per heavy atom. The molecule has 0 aromatic heterocycles. The number of aliphatic imine (C=N–C) groups is 1. The largest absolute Gasteiger partial charge is 0.258 e. The standard InChI is InChI=1S/C11H11N/c1-9-7-8-11(12-9)10-5-3-2-4-6-10/h2-6,8H,7H2,1H3. The van der Waals surface area contributed by atoms with E-state index < -0.39 is 0 Å². The third kappa shape index (κ3) is 1.30. The van der Waals surface area contributed by atoms with Gasteiger partial charge in [-0.3, -0.25) is 4.99 Å². The van der Waals surface area contributed by atoms with Gasteiger partial charge in [-0.1, -0.05) is 36.4 Å². The van der Waals surface area contributed by atoms with Crippen LogP contribution in [-0.4, -0.2) is 5.71 Å². The molecular weight excluding hydrogens is 146 g/mol. The number of benzene rings is 1. The molecule has 1 aliphatic heterocycles. The quantitative estimate of drug-likeness (QED) is 0.594. The molecule has 2 rings (SSSR count). The fraction of sp³-hybridized carbons (Fsp3) is 0.182. The molecule has 0 unspecified atom stereocenters. The highest BCUT2D eigenvalue weighted by Crippen LogP contribution is 2.21. The average Bonchev–Trinajstić information content (AvgIpc) is 2.54. The van der Waals surface area contributed by atoms with E-state index in [1.165, 1.54) is 11.3 Å². The minimum atomic E-state index is 1.00. The number of allylic oxidation sites excluding steroid dienone is 1. The first-order chi connectivity index (χ1) is 5.86. The predicted molar refractivity (Wildman–Crippen MR) is 52.1 cm³/mol. The molecule has 0 amide bonds. The molecule has 0 saturated heterocycles. The van der Waals surface area contributed by atoms with E-state index in [0.717, 1.165) is 12.1 Å². The van der Waals surface area contributed by atoms with Crippen LogP contribution >= 0.6 is 0 Å². The molecule has 0 aliphatic carbocycles. The summed E-state index contributed by atoms with van der Waals surface area (Å²) < 4.78 is 0. The van der Waals surface area contributed by atoms with Crippen LogP contribution < -0.4 is 0 Å². The molecule has 1 heterocycles. The Morgan fingerprint density at radius 3 is 2.50 bits per heavy atom. The minimum Gasteiger partial charge on any atom is -0.258 e. The SMILES string of the molecule is CC1=NC(c2ccccc2)=CC1. The normalized spacial score (nSPS) is 15.8. The molecule has 1 nitrogen and oxygen atoms in total. The van der Waals surface area contributed by atoms with Crippen LogP contribution in [0.4, 0.5) is 0 Å². The molecule has 1 aromatic rings. The van der Waals surface area contributed by atoms with Gasteiger partial charge in [-0.15, -0.1) is 0 Å². The van der Waals surface area contributed by atoms with Gasteiger partial charge in [0.1, 0.15) is 0 Å². The summed E-state index contributed by atoms with van der Waals surface area (Å²) in [5, 5.41) is 0. The van der Waals surface area contributed by atoms with Crippen LogP contribution in [0.2, 0.25) is 0 Å². The topological polar surface area (TPSA) is 12.4 Å². The van der Waals surface area contributed by atoms with E-state index >= 15 is 0 Å². The second kappa shape index (κ2) is 2.94. The van der Waals surface area contributed by atoms with Crippen molar-refractivity contribution in [2.75, 3.05) is 0 Å². The molecule has 12 heavy (non-hydrogen) atoms. The maximum Gasteiger partial charge on any atom is 0.0665 e. The zero-order valence-electron chi connectivity index (χ0n) is 7.12. The smallest absolute Gasteiger partial charge is 0.0665 e. The van der Waals surface area contributed by atoms with Crippen molar-refractivity contribution in [1.29, 1.82) is 0 Å². The number of hydrogen-bond acceptors (Lipinski definition) is 1. The Kier molecular flexibility index (Phi) is 1.78. The van der Waals surface area contributed by atoms with Gasteiger partial charge in [-0.05, 0) is 12.5 Å². The van der Waals surface area contributed by atoms with Crippen LogP contribution in [0.1, 0.15) is 18.9 Å². The van der Waals surface area contributed by atoms with Crippen LogP contribution in [0, 0.1) is 0 Å². The third-order valence-electron chi connectivity index (χ3n) is 1.97. The zero-order valence-corrected chi connectivity index (χ0v) is 7.12. The van der Waals surface area contributed by atoms with Crippen molar-refractivity contribution in [3.05, 3.63) is 42.0 Å². The predicted octanol–water partition coefficient (Wildman–Crippen LogP) is 2.89. The van der Waals surface area contributed by atoms with Crippen LogP contribution in [-0.2, 0) is 0 Å². The van der Waals surface area contributed by atoms with Crippen molar-refractivity contribution < 1.29 is 0 Å². The first kappa shape index (κ1) is 7.29. The minimum absolute atomic E-state index is 1.00. The summed E-state index contributed by atoms with van der Waals surface area (Å²) in [6.45, 7) is 2.06. The Labute approximate surface area is 72.5 Å². The van der Waals surface area contributed by atoms with Gasteiger partial charge in [-0.25, -0.2) is 0 Å². The molecule has 1 heteroatoms. The molecular formula is C11H11N. The van der Waals surface area contributed by atoms with Crippen LogP contribution in [0.25, 0.3) is 5.70 Å². The number of nitrogens with zero attached hydrogens (tertiary/aromatic N) is 1. The molecule has 0 fully saturated rings. The summed E-state index contributed by atoms with van der Waals surface area (Å²) in [5.41, 5.74) is 3.54. The van der Waals surface area contributed by atoms with E-state index in [1.54, 1.807) is 0 Å². The Bertz CT molecular complexity index is 333. The summed E-state index contributed by atoms with van der Waals surface area (Å²) >= 11 is 0. The fourth-order valence-corrected chi connectivity index (χ4v) is 1.33. The molecule has 0 N–H and O–H groups in total. The highest BCUT2D eigenvalue weighted by molar-refractivity contribution is 5.94. The van der Waals surface area contributed by atoms with Crippen molar-refractivity contribution in [2.45, 2.75) is 13.3 Å². The van der Waals surface area contributed by atoms with E-state index in [-0.39, 0.29) is 0 Å². The maximum absolute atomic E-state index is 4.44. The number of hydrogen-bond donors (Lipinski definition) is 0. The Balaban J connectivity index is 2.34. The van der Waals surface area contributed by atoms with Gasteiger partial charge in [0.05, 0.1) is 5.70 Å². The van der Waals surface area contributed by atoms with Gasteiger partial charge in [0.2, 0.25) is 0 Å². The first-order valence-electron chi connectivity index (χ1n) is 4.16. The molecule has 60 valence electrons. The third-order valence-corrected chi connectivity index (χ3v) is 1.97. The molecule has 0 atom stereocenters. The second-order valence-electron chi connectivity index (χ2n) is 3.01. The van der Waals surface area contributed by atoms with E-state index in [4.69, 9.17) is 0 Å². The highest BCUT2D eigenvalue weighted by Gasteiger charge is 2.05. The van der Waals surface area contributed by atoms with Crippen molar-refractivity contribution in [2.24, 2.45) is 4.99 Å². The highest BCUT2D eigenvalue weighted by atomic mass is 14.8. The van der Waals surface area contributed by atoms with Gasteiger partial charge in [0, 0.05) is 12.1 Å². The summed E-state index contributed by atoms with van der Waals surface area (Å²) in [6, 6.07) is 10.3. The van der Waals surface area contributed by atoms with E-state index in [0.29, 0.717) is 0 Å². The second-order valence-corrected chi connectivity index (χ2v) is 3.01. The van der Waals surface area contributed by atoms with Gasteiger partial charge in [-0.2, -0.15) is 0 Å². The van der Waals surface area contributed by atoms with Crippen molar-refractivity contribution >= 4 is 11.4 Å². The van der Waals surface area contributed by atoms with Crippen molar-refractivity contribution in [1.82, 2.24) is 0 Å². The molecule has 0 bridgehead atoms. The monoisotopic (exact) mass is 157 g/mol. The average molecular weight is 157 g/mol. The summed E-state index contributed by atoms with van der Waals surface area (Å²) in [5.74, 6) is 0. The zero-order chi connectivity index (χ0) is 8.39. The lowest BCUT2D eigenvalue weighted by Gasteiger charge is -1.96. The number of rotatable bonds is 1. The lowest BCUT2D eigenvalue weighted by molar-refractivity contribution is 1.50. The molecule has 0 saturated carbocycles. The Hall–Kier alpha value is -1.37. The fourth-order valence-electron chi connectivity index (χ4n) is 1.33. The summed E-state index contributed by atoms with van der Waals surface area (Å²) in [6.07, 6.45) is 3.18. The van der Waals surface area contributed by atoms with E-state index in [1.807, 2.05) is 18.2 Å². The molecule has 0 radical (unpaired) electrons. The summed E-state index contributed by atoms with van der Waals surface area (Å²) in [7, 11) is 0. The van der Waals surface area contributed by atoms with Gasteiger partial charge >= 0.3 is 0 Å². The van der Waals surface area contributed by atoms with Crippen molar-refractivity contribution in [3.63, 3.8) is 0 Å². The van der Waals surface area contributed by atoms with E-state index in [2.05, 4.69) is 30.1 Å². The molecule has 1 aliphatic rings. The van der Waals surface area contributed by atoms with Crippen LogP contribution in [0.5, 0.6) is 0 Å². The van der Waals surface area contributed by atoms with E-state index in [9.17, 15) is 0 Å². The lowest BCUT2D eigenvalue weighted by atomic mass is 10.1. The van der Waals surface area contributed by atoms with Gasteiger partial charge in [0.15, 0.2) is 0 Å². The Morgan fingerprint density at radius 2 is 1.92 bits per heavy atom. The van der Waals surface area contributed by atoms with Gasteiger partial charge < -0.3 is 0 Å². The molecule has 0 spiro atoms.